The van der Waals surface area contributed by atoms with Gasteiger partial charge < -0.3 is 11.1 Å². The molecule has 0 spiro atoms. The van der Waals surface area contributed by atoms with Crippen molar-refractivity contribution in [1.29, 1.82) is 0 Å². The minimum atomic E-state index is -0.465. The zero-order valence-electron chi connectivity index (χ0n) is 12.2. The minimum Gasteiger partial charge on any atom is -0.398 e. The normalized spacial score (nSPS) is 12.0. The standard InChI is InChI=1S/C17H19FN2O/c1-3-16(12-7-5-4-6-8-12)20-17(21)13-9-14(18)11(2)15(19)10-13/h4-10,16H,3,19H2,1-2H3,(H,20,21). The number of nitrogens with two attached hydrogens (primary N) is 1. The topological polar surface area (TPSA) is 55.1 Å². The predicted molar refractivity (Wildman–Crippen MR) is 82.5 cm³/mol. The van der Waals surface area contributed by atoms with E-state index in [1.807, 2.05) is 37.3 Å². The van der Waals surface area contributed by atoms with Gasteiger partial charge >= 0.3 is 0 Å². The first kappa shape index (κ1) is 15.0. The van der Waals surface area contributed by atoms with Gasteiger partial charge in [-0.2, -0.15) is 0 Å². The Bertz CT molecular complexity index is 617. The molecule has 2 rings (SSSR count). The quantitative estimate of drug-likeness (QED) is 0.844. The van der Waals surface area contributed by atoms with Gasteiger partial charge in [0, 0.05) is 16.8 Å². The third-order valence-corrected chi connectivity index (χ3v) is 3.56. The molecule has 0 aromatic heterocycles. The Kier molecular flexibility index (Phi) is 4.58. The van der Waals surface area contributed by atoms with Gasteiger partial charge in [-0.05, 0) is 31.0 Å². The van der Waals surface area contributed by atoms with Crippen molar-refractivity contribution in [3.63, 3.8) is 0 Å². The molecule has 1 atom stereocenters. The fraction of sp³-hybridized carbons (Fsp3) is 0.235. The van der Waals surface area contributed by atoms with Crippen LogP contribution in [0.2, 0.25) is 0 Å². The molecule has 0 aliphatic heterocycles. The number of carbonyl (C=O) groups is 1. The van der Waals surface area contributed by atoms with Gasteiger partial charge in [0.2, 0.25) is 0 Å². The molecular formula is C17H19FN2O. The highest BCUT2D eigenvalue weighted by molar-refractivity contribution is 5.95. The van der Waals surface area contributed by atoms with E-state index in [1.165, 1.54) is 12.1 Å². The number of nitrogen functional groups attached to an aromatic ring is 1. The molecule has 0 aliphatic carbocycles. The number of anilines is 1. The number of rotatable bonds is 4. The zero-order chi connectivity index (χ0) is 15.4. The van der Waals surface area contributed by atoms with Crippen LogP contribution in [0.4, 0.5) is 10.1 Å². The Hall–Kier alpha value is -2.36. The highest BCUT2D eigenvalue weighted by Gasteiger charge is 2.16. The van der Waals surface area contributed by atoms with Crippen molar-refractivity contribution in [2.75, 3.05) is 5.73 Å². The molecule has 0 saturated heterocycles. The lowest BCUT2D eigenvalue weighted by Gasteiger charge is -2.18. The molecule has 21 heavy (non-hydrogen) atoms. The third kappa shape index (κ3) is 3.40. The van der Waals surface area contributed by atoms with Crippen molar-refractivity contribution in [2.24, 2.45) is 0 Å². The van der Waals surface area contributed by atoms with E-state index in [9.17, 15) is 9.18 Å². The average Bonchev–Trinajstić information content (AvgIpc) is 2.50. The third-order valence-electron chi connectivity index (χ3n) is 3.56. The second-order valence-electron chi connectivity index (χ2n) is 5.02. The van der Waals surface area contributed by atoms with E-state index in [1.54, 1.807) is 6.92 Å². The Morgan fingerprint density at radius 3 is 2.52 bits per heavy atom. The Morgan fingerprint density at radius 2 is 1.95 bits per heavy atom. The zero-order valence-corrected chi connectivity index (χ0v) is 12.2. The molecule has 3 nitrogen and oxygen atoms in total. The summed E-state index contributed by atoms with van der Waals surface area (Å²) in [6.07, 6.45) is 0.750. The Morgan fingerprint density at radius 1 is 1.29 bits per heavy atom. The number of benzene rings is 2. The Labute approximate surface area is 124 Å². The molecular weight excluding hydrogens is 267 g/mol. The lowest BCUT2D eigenvalue weighted by atomic mass is 10.0. The monoisotopic (exact) mass is 286 g/mol. The van der Waals surface area contributed by atoms with Crippen LogP contribution in [0.3, 0.4) is 0 Å². The maximum Gasteiger partial charge on any atom is 0.251 e. The van der Waals surface area contributed by atoms with Gasteiger partial charge in [0.25, 0.3) is 5.91 Å². The first-order chi connectivity index (χ1) is 10.0. The summed E-state index contributed by atoms with van der Waals surface area (Å²) < 4.78 is 13.7. The van der Waals surface area contributed by atoms with Crippen molar-refractivity contribution in [3.05, 3.63) is 65.0 Å². The van der Waals surface area contributed by atoms with E-state index in [0.29, 0.717) is 5.56 Å². The number of carbonyl (C=O) groups excluding carboxylic acids is 1. The fourth-order valence-electron chi connectivity index (χ4n) is 2.18. The first-order valence-electron chi connectivity index (χ1n) is 6.94. The highest BCUT2D eigenvalue weighted by atomic mass is 19.1. The molecule has 2 aromatic carbocycles. The molecule has 0 heterocycles. The molecule has 0 radical (unpaired) electrons. The summed E-state index contributed by atoms with van der Waals surface area (Å²) in [5.74, 6) is -0.788. The van der Waals surface area contributed by atoms with E-state index in [4.69, 9.17) is 5.73 Å². The summed E-state index contributed by atoms with van der Waals surface area (Å²) >= 11 is 0. The van der Waals surface area contributed by atoms with E-state index >= 15 is 0 Å². The molecule has 0 saturated carbocycles. The smallest absolute Gasteiger partial charge is 0.251 e. The van der Waals surface area contributed by atoms with Crippen molar-refractivity contribution in [3.8, 4) is 0 Å². The lowest BCUT2D eigenvalue weighted by molar-refractivity contribution is 0.0935. The van der Waals surface area contributed by atoms with Crippen LogP contribution in [-0.4, -0.2) is 5.91 Å². The second-order valence-corrected chi connectivity index (χ2v) is 5.02. The number of hydrogen-bond acceptors (Lipinski definition) is 2. The van der Waals surface area contributed by atoms with Crippen LogP contribution in [0.25, 0.3) is 0 Å². The molecule has 2 aromatic rings. The number of halogens is 1. The Balaban J connectivity index is 2.21. The van der Waals surface area contributed by atoms with E-state index in [0.717, 1.165) is 12.0 Å². The molecule has 110 valence electrons. The van der Waals surface area contributed by atoms with Gasteiger partial charge in [-0.3, -0.25) is 4.79 Å². The van der Waals surface area contributed by atoms with Crippen molar-refractivity contribution in [2.45, 2.75) is 26.3 Å². The summed E-state index contributed by atoms with van der Waals surface area (Å²) in [7, 11) is 0. The van der Waals surface area contributed by atoms with Gasteiger partial charge in [-0.1, -0.05) is 37.3 Å². The van der Waals surface area contributed by atoms with E-state index in [2.05, 4.69) is 5.32 Å². The first-order valence-corrected chi connectivity index (χ1v) is 6.94. The number of nitrogens with one attached hydrogen (secondary N) is 1. The van der Waals surface area contributed by atoms with Crippen molar-refractivity contribution >= 4 is 11.6 Å². The molecule has 0 aliphatic rings. The summed E-state index contributed by atoms with van der Waals surface area (Å²) in [4.78, 5) is 12.3. The number of hydrogen-bond donors (Lipinski definition) is 2. The summed E-state index contributed by atoms with van der Waals surface area (Å²) in [6.45, 7) is 3.58. The van der Waals surface area contributed by atoms with Crippen molar-refractivity contribution in [1.82, 2.24) is 5.32 Å². The summed E-state index contributed by atoms with van der Waals surface area (Å²) in [6, 6.07) is 12.3. The van der Waals surface area contributed by atoms with Gasteiger partial charge in [-0.25, -0.2) is 4.39 Å². The van der Waals surface area contributed by atoms with Gasteiger partial charge in [0.1, 0.15) is 5.82 Å². The van der Waals surface area contributed by atoms with Crippen LogP contribution in [0, 0.1) is 12.7 Å². The lowest BCUT2D eigenvalue weighted by Crippen LogP contribution is -2.28. The summed E-state index contributed by atoms with van der Waals surface area (Å²) in [5.41, 5.74) is 7.62. The van der Waals surface area contributed by atoms with Crippen LogP contribution < -0.4 is 11.1 Å². The van der Waals surface area contributed by atoms with Crippen LogP contribution in [0.1, 0.15) is 40.9 Å². The van der Waals surface area contributed by atoms with Crippen LogP contribution in [-0.2, 0) is 0 Å². The molecule has 4 heteroatoms. The maximum absolute atomic E-state index is 13.7. The number of amides is 1. The predicted octanol–water partition coefficient (Wildman–Crippen LogP) is 3.60. The largest absolute Gasteiger partial charge is 0.398 e. The van der Waals surface area contributed by atoms with Crippen LogP contribution in [0.5, 0.6) is 0 Å². The van der Waals surface area contributed by atoms with Crippen LogP contribution in [0.15, 0.2) is 42.5 Å². The highest BCUT2D eigenvalue weighted by Crippen LogP contribution is 2.20. The van der Waals surface area contributed by atoms with E-state index in [-0.39, 0.29) is 23.2 Å². The molecule has 0 bridgehead atoms. The molecule has 1 unspecified atom stereocenters. The van der Waals surface area contributed by atoms with Crippen molar-refractivity contribution < 1.29 is 9.18 Å². The van der Waals surface area contributed by atoms with Gasteiger partial charge in [0.05, 0.1) is 6.04 Å². The van der Waals surface area contributed by atoms with Crippen LogP contribution >= 0.6 is 0 Å². The fourth-order valence-corrected chi connectivity index (χ4v) is 2.18. The maximum atomic E-state index is 13.7. The SMILES string of the molecule is CCC(NC(=O)c1cc(N)c(C)c(F)c1)c1ccccc1. The minimum absolute atomic E-state index is 0.107. The van der Waals surface area contributed by atoms with E-state index < -0.39 is 5.82 Å². The van der Waals surface area contributed by atoms with Gasteiger partial charge in [0.15, 0.2) is 0 Å². The summed E-state index contributed by atoms with van der Waals surface area (Å²) in [5, 5.41) is 2.91. The molecule has 3 N–H and O–H groups in total. The van der Waals surface area contributed by atoms with Gasteiger partial charge in [-0.15, -0.1) is 0 Å². The molecule has 0 fully saturated rings. The molecule has 1 amide bonds. The second kappa shape index (κ2) is 6.39. The average molecular weight is 286 g/mol.